The van der Waals surface area contributed by atoms with Gasteiger partial charge in [-0.15, -0.1) is 0 Å². The number of rotatable bonds is 6. The van der Waals surface area contributed by atoms with Crippen LogP contribution in [0.4, 0.5) is 0 Å². The summed E-state index contributed by atoms with van der Waals surface area (Å²) in [5.74, 6) is 0.202. The van der Waals surface area contributed by atoms with E-state index in [9.17, 15) is 13.5 Å². The Hall–Kier alpha value is -1.37. The third kappa shape index (κ3) is 4.25. The van der Waals surface area contributed by atoms with Gasteiger partial charge in [-0.05, 0) is 54.3 Å². The minimum Gasteiger partial charge on any atom is -0.497 e. The molecule has 2 aromatic carbocycles. The summed E-state index contributed by atoms with van der Waals surface area (Å²) < 4.78 is 33.1. The fourth-order valence-corrected chi connectivity index (χ4v) is 7.18. The molecule has 0 bridgehead atoms. The summed E-state index contributed by atoms with van der Waals surface area (Å²) in [5.41, 5.74) is 0.809. The third-order valence-electron chi connectivity index (χ3n) is 6.25. The number of hydrogen-bond donors (Lipinski definition) is 1. The second kappa shape index (κ2) is 8.78. The predicted octanol–water partition coefficient (Wildman–Crippen LogP) is 5.32. The molecule has 1 heterocycles. The highest BCUT2D eigenvalue weighted by molar-refractivity contribution is 9.10. The zero-order valence-corrected chi connectivity index (χ0v) is 19.6. The first-order valence-corrected chi connectivity index (χ1v) is 12.6. The molecule has 0 aromatic heterocycles. The van der Waals surface area contributed by atoms with Gasteiger partial charge in [0.25, 0.3) is 0 Å². The van der Waals surface area contributed by atoms with Crippen LogP contribution in [0.3, 0.4) is 0 Å². The summed E-state index contributed by atoms with van der Waals surface area (Å²) in [6.07, 6.45) is 2.29. The van der Waals surface area contributed by atoms with Crippen LogP contribution in [0.5, 0.6) is 5.75 Å². The molecule has 0 spiro atoms. The van der Waals surface area contributed by atoms with Gasteiger partial charge in [-0.3, -0.25) is 0 Å². The fraction of sp³-hybridized carbons (Fsp3) is 0.478. The van der Waals surface area contributed by atoms with Crippen molar-refractivity contribution < 1.29 is 18.3 Å². The van der Waals surface area contributed by atoms with E-state index in [0.29, 0.717) is 29.1 Å². The quantitative estimate of drug-likeness (QED) is 0.606. The largest absolute Gasteiger partial charge is 0.497 e. The maximum Gasteiger partial charge on any atom is 0.179 e. The van der Waals surface area contributed by atoms with E-state index in [4.69, 9.17) is 4.74 Å². The Labute approximate surface area is 182 Å². The lowest BCUT2D eigenvalue weighted by Crippen LogP contribution is -2.42. The van der Waals surface area contributed by atoms with Gasteiger partial charge >= 0.3 is 0 Å². The molecule has 0 saturated heterocycles. The van der Waals surface area contributed by atoms with E-state index >= 15 is 0 Å². The van der Waals surface area contributed by atoms with Crippen LogP contribution in [-0.4, -0.2) is 32.5 Å². The van der Waals surface area contributed by atoms with E-state index in [1.54, 1.807) is 19.2 Å². The third-order valence-corrected chi connectivity index (χ3v) is 8.74. The van der Waals surface area contributed by atoms with E-state index < -0.39 is 27.3 Å². The molecule has 3 atom stereocenters. The number of sulfone groups is 1. The van der Waals surface area contributed by atoms with Crippen LogP contribution in [0, 0.1) is 5.41 Å². The summed E-state index contributed by atoms with van der Waals surface area (Å²) in [4.78, 5) is 0.319. The van der Waals surface area contributed by atoms with Crippen molar-refractivity contribution in [1.82, 2.24) is 0 Å². The summed E-state index contributed by atoms with van der Waals surface area (Å²) in [7, 11) is -1.94. The van der Waals surface area contributed by atoms with Gasteiger partial charge in [0.2, 0.25) is 0 Å². The Kier molecular flexibility index (Phi) is 6.76. The number of methoxy groups -OCH3 is 1. The number of halogens is 1. The topological polar surface area (TPSA) is 63.6 Å². The van der Waals surface area contributed by atoms with Crippen LogP contribution in [0.15, 0.2) is 51.8 Å². The van der Waals surface area contributed by atoms with Crippen LogP contribution in [0.25, 0.3) is 0 Å². The smallest absolute Gasteiger partial charge is 0.179 e. The average molecular weight is 481 g/mol. The molecule has 6 heteroatoms. The molecule has 1 N–H and O–H groups in total. The molecule has 0 aliphatic carbocycles. The number of unbranched alkanes of at least 4 members (excludes halogenated alkanes) is 1. The van der Waals surface area contributed by atoms with Gasteiger partial charge in [0.1, 0.15) is 5.75 Å². The molecule has 0 saturated carbocycles. The standard InChI is InChI=1S/C23H29BrO4S/c1-4-6-12-23(5-2)15-29(26,27)20-11-10-17(24)14-19(20)21(22(23)25)16-8-7-9-18(13-16)28-3/h7-11,13-14,21-22,25H,4-6,12,15H2,1-3H3/t21-,22-,23-/m1/s1. The number of aliphatic hydroxyl groups is 1. The first kappa shape index (κ1) is 22.3. The normalized spacial score (nSPS) is 25.8. The Bertz CT molecular complexity index is 973. The highest BCUT2D eigenvalue weighted by atomic mass is 79.9. The number of ether oxygens (including phenoxy) is 1. The Morgan fingerprint density at radius 1 is 1.21 bits per heavy atom. The second-order valence-corrected chi connectivity index (χ2v) is 10.8. The lowest BCUT2D eigenvalue weighted by Gasteiger charge is -2.39. The zero-order chi connectivity index (χ0) is 21.2. The van der Waals surface area contributed by atoms with Crippen LogP contribution in [-0.2, 0) is 9.84 Å². The van der Waals surface area contributed by atoms with Crippen LogP contribution in [0.1, 0.15) is 56.6 Å². The summed E-state index contributed by atoms with van der Waals surface area (Å²) in [6.45, 7) is 4.08. The molecule has 1 aliphatic rings. The fourth-order valence-electron chi connectivity index (χ4n) is 4.54. The molecule has 3 rings (SSSR count). The molecular weight excluding hydrogens is 452 g/mol. The van der Waals surface area contributed by atoms with Gasteiger partial charge < -0.3 is 9.84 Å². The van der Waals surface area contributed by atoms with E-state index in [1.165, 1.54) is 0 Å². The van der Waals surface area contributed by atoms with Gasteiger partial charge in [0.15, 0.2) is 9.84 Å². The molecule has 0 unspecified atom stereocenters. The van der Waals surface area contributed by atoms with Crippen LogP contribution >= 0.6 is 15.9 Å². The molecule has 29 heavy (non-hydrogen) atoms. The summed E-state index contributed by atoms with van der Waals surface area (Å²) >= 11 is 3.49. The van der Waals surface area contributed by atoms with Crippen molar-refractivity contribution in [3.63, 3.8) is 0 Å². The van der Waals surface area contributed by atoms with Crippen molar-refractivity contribution >= 4 is 25.8 Å². The van der Waals surface area contributed by atoms with Crippen molar-refractivity contribution in [2.24, 2.45) is 5.41 Å². The number of fused-ring (bicyclic) bond motifs is 1. The molecule has 0 fully saturated rings. The lowest BCUT2D eigenvalue weighted by atomic mass is 9.69. The Morgan fingerprint density at radius 2 is 1.97 bits per heavy atom. The highest BCUT2D eigenvalue weighted by Crippen LogP contribution is 2.49. The molecular formula is C23H29BrO4S. The number of hydrogen-bond acceptors (Lipinski definition) is 4. The molecule has 0 radical (unpaired) electrons. The number of aliphatic hydroxyl groups excluding tert-OH is 1. The lowest BCUT2D eigenvalue weighted by molar-refractivity contribution is 0.0173. The van der Waals surface area contributed by atoms with Gasteiger partial charge in [-0.25, -0.2) is 8.42 Å². The Morgan fingerprint density at radius 3 is 2.62 bits per heavy atom. The van der Waals surface area contributed by atoms with E-state index in [0.717, 1.165) is 22.9 Å². The van der Waals surface area contributed by atoms with E-state index in [2.05, 4.69) is 22.9 Å². The van der Waals surface area contributed by atoms with Crippen molar-refractivity contribution in [3.05, 3.63) is 58.1 Å². The SMILES string of the molecule is CCCC[C@]1(CC)CS(=O)(=O)c2ccc(Br)cc2[C@@H](c2cccc(OC)c2)[C@H]1O. The van der Waals surface area contributed by atoms with Crippen molar-refractivity contribution in [3.8, 4) is 5.75 Å². The second-order valence-electron chi connectivity index (χ2n) is 7.96. The first-order valence-electron chi connectivity index (χ1n) is 10.1. The maximum atomic E-state index is 13.4. The van der Waals surface area contributed by atoms with E-state index in [1.807, 2.05) is 37.3 Å². The van der Waals surface area contributed by atoms with Gasteiger partial charge in [0.05, 0.1) is 23.9 Å². The van der Waals surface area contributed by atoms with Gasteiger partial charge in [0, 0.05) is 15.8 Å². The monoisotopic (exact) mass is 480 g/mol. The summed E-state index contributed by atoms with van der Waals surface area (Å²) in [5, 5.41) is 11.8. The van der Waals surface area contributed by atoms with E-state index in [-0.39, 0.29) is 5.75 Å². The zero-order valence-electron chi connectivity index (χ0n) is 17.2. The van der Waals surface area contributed by atoms with Crippen molar-refractivity contribution in [1.29, 1.82) is 0 Å². The van der Waals surface area contributed by atoms with Crippen LogP contribution in [0.2, 0.25) is 0 Å². The maximum absolute atomic E-state index is 13.4. The first-order chi connectivity index (χ1) is 13.8. The number of benzene rings is 2. The highest BCUT2D eigenvalue weighted by Gasteiger charge is 2.48. The predicted molar refractivity (Wildman–Crippen MR) is 119 cm³/mol. The molecule has 1 aliphatic heterocycles. The average Bonchev–Trinajstić information content (AvgIpc) is 2.77. The molecule has 4 nitrogen and oxygen atoms in total. The van der Waals surface area contributed by atoms with Gasteiger partial charge in [-0.1, -0.05) is 54.8 Å². The minimum absolute atomic E-state index is 0.0350. The summed E-state index contributed by atoms with van der Waals surface area (Å²) in [6, 6.07) is 12.9. The molecule has 158 valence electrons. The minimum atomic E-state index is -3.55. The molecule has 0 amide bonds. The molecule has 2 aromatic rings. The van der Waals surface area contributed by atoms with Gasteiger partial charge in [-0.2, -0.15) is 0 Å². The van der Waals surface area contributed by atoms with Crippen molar-refractivity contribution in [2.75, 3.05) is 12.9 Å². The van der Waals surface area contributed by atoms with Crippen LogP contribution < -0.4 is 4.74 Å². The Balaban J connectivity index is 2.30. The van der Waals surface area contributed by atoms with Crippen molar-refractivity contribution in [2.45, 2.75) is 56.4 Å².